The average Bonchev–Trinajstić information content (AvgIpc) is 3.88. The second-order valence-corrected chi connectivity index (χ2v) is 16.6. The molecule has 0 bridgehead atoms. The molecule has 0 atom stereocenters. The zero-order valence-corrected chi connectivity index (χ0v) is 33.1. The summed E-state index contributed by atoms with van der Waals surface area (Å²) in [4.78, 5) is 4.94. The van der Waals surface area contributed by atoms with Gasteiger partial charge in [0.05, 0.1) is 32.1 Å². The van der Waals surface area contributed by atoms with Gasteiger partial charge in [-0.3, -0.25) is 0 Å². The molecule has 11 aromatic rings. The molecule has 9 aromatic carbocycles. The van der Waals surface area contributed by atoms with E-state index in [-0.39, 0.29) is 0 Å². The summed E-state index contributed by atoms with van der Waals surface area (Å²) in [6.45, 7) is 0. The van der Waals surface area contributed by atoms with Gasteiger partial charge < -0.3 is 9.80 Å². The van der Waals surface area contributed by atoms with Gasteiger partial charge in [-0.1, -0.05) is 158 Å². The number of fused-ring (bicyclic) bond motifs is 6. The zero-order valence-electron chi connectivity index (χ0n) is 31.5. The molecule has 0 saturated carbocycles. The number of nitrogens with zero attached hydrogens (tertiary/aromatic N) is 2. The van der Waals surface area contributed by atoms with Crippen molar-refractivity contribution in [3.8, 4) is 22.3 Å². The molecule has 0 spiro atoms. The van der Waals surface area contributed by atoms with E-state index in [0.29, 0.717) is 0 Å². The Bertz CT molecular complexity index is 3000. The monoisotopic (exact) mass is 776 g/mol. The van der Waals surface area contributed by atoms with Gasteiger partial charge in [-0.25, -0.2) is 0 Å². The smallest absolute Gasteiger partial charge is 0.0703 e. The van der Waals surface area contributed by atoms with Crippen LogP contribution in [0.2, 0.25) is 0 Å². The highest BCUT2D eigenvalue weighted by Gasteiger charge is 2.26. The van der Waals surface area contributed by atoms with Crippen LogP contribution in [0.1, 0.15) is 0 Å². The first-order valence-electron chi connectivity index (χ1n) is 19.6. The molecule has 2 heterocycles. The summed E-state index contributed by atoms with van der Waals surface area (Å²) in [5.41, 5.74) is 11.5. The summed E-state index contributed by atoms with van der Waals surface area (Å²) in [7, 11) is 0. The van der Waals surface area contributed by atoms with Gasteiger partial charge >= 0.3 is 0 Å². The first-order valence-corrected chi connectivity index (χ1v) is 21.2. The molecule has 58 heavy (non-hydrogen) atoms. The van der Waals surface area contributed by atoms with Crippen molar-refractivity contribution < 1.29 is 0 Å². The Balaban J connectivity index is 1.16. The van der Waals surface area contributed by atoms with Crippen molar-refractivity contribution in [3.05, 3.63) is 218 Å². The summed E-state index contributed by atoms with van der Waals surface area (Å²) in [6, 6.07) is 79.3. The second-order valence-electron chi connectivity index (χ2n) is 14.5. The first kappa shape index (κ1) is 34.3. The van der Waals surface area contributed by atoms with Crippen LogP contribution in [0, 0.1) is 0 Å². The Morgan fingerprint density at radius 1 is 0.241 bits per heavy atom. The largest absolute Gasteiger partial charge is 0.307 e. The fourth-order valence-electron chi connectivity index (χ4n) is 8.34. The molecule has 0 fully saturated rings. The lowest BCUT2D eigenvalue weighted by molar-refractivity contribution is 1.24. The summed E-state index contributed by atoms with van der Waals surface area (Å²) < 4.78 is 5.09. The van der Waals surface area contributed by atoms with E-state index in [0.717, 1.165) is 34.1 Å². The Morgan fingerprint density at radius 2 is 0.569 bits per heavy atom. The van der Waals surface area contributed by atoms with Gasteiger partial charge in [0.1, 0.15) is 0 Å². The number of hydrogen-bond donors (Lipinski definition) is 0. The molecule has 0 aliphatic heterocycles. The van der Waals surface area contributed by atoms with Crippen molar-refractivity contribution in [2.45, 2.75) is 0 Å². The number of hydrogen-bond acceptors (Lipinski definition) is 4. The molecule has 0 radical (unpaired) electrons. The maximum Gasteiger partial charge on any atom is 0.0703 e. The lowest BCUT2D eigenvalue weighted by atomic mass is 10.0. The Hall–Kier alpha value is -6.98. The maximum absolute atomic E-state index is 2.47. The molecule has 2 nitrogen and oxygen atoms in total. The molecule has 0 unspecified atom stereocenters. The third kappa shape index (κ3) is 5.93. The molecule has 0 aliphatic rings. The summed E-state index contributed by atoms with van der Waals surface area (Å²) in [5, 5.41) is 5.11. The van der Waals surface area contributed by atoms with Crippen LogP contribution in [-0.4, -0.2) is 0 Å². The second kappa shape index (κ2) is 14.5. The molecule has 0 amide bonds. The Kier molecular flexibility index (Phi) is 8.58. The van der Waals surface area contributed by atoms with Crippen molar-refractivity contribution in [1.29, 1.82) is 0 Å². The minimum Gasteiger partial charge on any atom is -0.307 e. The van der Waals surface area contributed by atoms with Crippen LogP contribution in [0.5, 0.6) is 0 Å². The third-order valence-electron chi connectivity index (χ3n) is 11.1. The van der Waals surface area contributed by atoms with Crippen molar-refractivity contribution in [1.82, 2.24) is 0 Å². The van der Waals surface area contributed by atoms with Gasteiger partial charge in [-0.15, -0.1) is 22.7 Å². The third-order valence-corrected chi connectivity index (χ3v) is 13.5. The van der Waals surface area contributed by atoms with E-state index in [1.165, 1.54) is 62.6 Å². The van der Waals surface area contributed by atoms with E-state index < -0.39 is 0 Å². The topological polar surface area (TPSA) is 6.48 Å². The van der Waals surface area contributed by atoms with E-state index in [2.05, 4.69) is 228 Å². The summed E-state index contributed by atoms with van der Waals surface area (Å²) in [6.07, 6.45) is 0. The van der Waals surface area contributed by atoms with Gasteiger partial charge in [0.25, 0.3) is 0 Å². The van der Waals surface area contributed by atoms with Crippen LogP contribution >= 0.6 is 22.7 Å². The minimum atomic E-state index is 1.09. The molecule has 274 valence electrons. The highest BCUT2D eigenvalue weighted by molar-refractivity contribution is 7.26. The number of para-hydroxylation sites is 2. The first-order chi connectivity index (χ1) is 28.8. The molecule has 11 rings (SSSR count). The van der Waals surface area contributed by atoms with Crippen LogP contribution < -0.4 is 9.80 Å². The summed E-state index contributed by atoms with van der Waals surface area (Å²) in [5.74, 6) is 0. The maximum atomic E-state index is 2.47. The molecule has 0 N–H and O–H groups in total. The van der Waals surface area contributed by atoms with Crippen LogP contribution in [0.15, 0.2) is 218 Å². The fraction of sp³-hybridized carbons (Fsp3) is 0. The van der Waals surface area contributed by atoms with E-state index in [4.69, 9.17) is 0 Å². The van der Waals surface area contributed by atoms with Crippen LogP contribution in [0.3, 0.4) is 0 Å². The van der Waals surface area contributed by atoms with E-state index in [9.17, 15) is 0 Å². The highest BCUT2D eigenvalue weighted by atomic mass is 32.1. The zero-order chi connectivity index (χ0) is 38.4. The fourth-order valence-corrected chi connectivity index (χ4v) is 10.8. The number of anilines is 6. The SMILES string of the molecule is c1ccc(-c2ccc(N(c3ccccc3N(c3ccc(-c4ccccc4)cc3)c3cccc4c3sc3ccccc34)c3cccc4c3sc3ccccc34)cc2)cc1. The molecular formula is C54H36N2S2. The lowest BCUT2D eigenvalue weighted by Gasteiger charge is -2.33. The number of benzene rings is 9. The van der Waals surface area contributed by atoms with Gasteiger partial charge in [0.2, 0.25) is 0 Å². The van der Waals surface area contributed by atoms with Crippen LogP contribution in [-0.2, 0) is 0 Å². The molecule has 4 heteroatoms. The number of thiophene rings is 2. The summed E-state index contributed by atoms with van der Waals surface area (Å²) >= 11 is 3.73. The predicted octanol–water partition coefficient (Wildman–Crippen LogP) is 16.7. The molecule has 0 aliphatic carbocycles. The average molecular weight is 777 g/mol. The Morgan fingerprint density at radius 3 is 1.00 bits per heavy atom. The van der Waals surface area contributed by atoms with Crippen molar-refractivity contribution in [2.24, 2.45) is 0 Å². The molecular weight excluding hydrogens is 741 g/mol. The molecule has 2 aromatic heterocycles. The van der Waals surface area contributed by atoms with E-state index in [1.54, 1.807) is 0 Å². The normalized spacial score (nSPS) is 11.4. The van der Waals surface area contributed by atoms with Crippen LogP contribution in [0.4, 0.5) is 34.1 Å². The standard InChI is InChI=1S/C54H36N2S2/c1-3-15-37(16-4-1)39-29-33-41(34-30-39)55(49-25-13-21-45-43-19-7-11-27-51(43)57-53(45)49)47-23-9-10-24-48(47)56(42-35-31-40(32-36-42)38-17-5-2-6-18-38)50-26-14-22-46-44-20-8-12-28-52(44)58-54(46)50/h1-36H. The van der Waals surface area contributed by atoms with Crippen molar-refractivity contribution in [2.75, 3.05) is 9.80 Å². The number of rotatable bonds is 8. The Labute approximate surface area is 345 Å². The van der Waals surface area contributed by atoms with Gasteiger partial charge in [0.15, 0.2) is 0 Å². The van der Waals surface area contributed by atoms with Gasteiger partial charge in [-0.2, -0.15) is 0 Å². The van der Waals surface area contributed by atoms with Gasteiger partial charge in [-0.05, 0) is 82.9 Å². The highest BCUT2D eigenvalue weighted by Crippen LogP contribution is 2.51. The molecule has 0 saturated heterocycles. The lowest BCUT2D eigenvalue weighted by Crippen LogP contribution is -2.17. The van der Waals surface area contributed by atoms with Crippen LogP contribution in [0.25, 0.3) is 62.6 Å². The van der Waals surface area contributed by atoms with E-state index >= 15 is 0 Å². The van der Waals surface area contributed by atoms with Crippen molar-refractivity contribution >= 4 is 97.1 Å². The van der Waals surface area contributed by atoms with Gasteiger partial charge in [0, 0.05) is 42.3 Å². The quantitative estimate of drug-likeness (QED) is 0.152. The van der Waals surface area contributed by atoms with Crippen molar-refractivity contribution in [3.63, 3.8) is 0 Å². The van der Waals surface area contributed by atoms with E-state index in [1.807, 2.05) is 22.7 Å². The minimum absolute atomic E-state index is 1.09. The predicted molar refractivity (Wildman–Crippen MR) is 252 cm³/mol.